The van der Waals surface area contributed by atoms with E-state index < -0.39 is 63.6 Å². The van der Waals surface area contributed by atoms with Crippen molar-refractivity contribution in [2.75, 3.05) is 18.0 Å². The van der Waals surface area contributed by atoms with E-state index in [4.69, 9.17) is 9.85 Å². The Labute approximate surface area is 167 Å². The number of halogens is 3. The number of carbonyl (C=O) groups is 1. The number of anilines is 1. The van der Waals surface area contributed by atoms with Gasteiger partial charge >= 0.3 is 0 Å². The molecule has 0 saturated carbocycles. The molecule has 154 valence electrons. The first-order chi connectivity index (χ1) is 14.6. The van der Waals surface area contributed by atoms with E-state index in [2.05, 4.69) is 20.3 Å². The molecule has 1 atom stereocenters. The molecule has 0 bridgehead atoms. The van der Waals surface area contributed by atoms with Crippen LogP contribution in [0.25, 0.3) is 0 Å². The van der Waals surface area contributed by atoms with E-state index in [0.29, 0.717) is 6.20 Å². The van der Waals surface area contributed by atoms with Crippen molar-refractivity contribution in [1.29, 1.82) is 0 Å². The first-order valence-electron chi connectivity index (χ1n) is 9.32. The van der Waals surface area contributed by atoms with E-state index in [1.165, 1.54) is 6.92 Å². The number of nitrogens with one attached hydrogen (secondary N) is 1. The van der Waals surface area contributed by atoms with Gasteiger partial charge in [0.2, 0.25) is 27.9 Å². The molecular weight excluding hydrogens is 413 g/mol. The third-order valence-electron chi connectivity index (χ3n) is 4.03. The minimum Gasteiger partial charge on any atom is -0.369 e. The molecule has 0 fully saturated rings. The maximum atomic E-state index is 14.6. The number of hydrogen-bond acceptors (Lipinski definition) is 7. The number of carbonyl (C=O) groups excluding carboxylic acids is 1. The maximum absolute atomic E-state index is 14.6. The zero-order valence-electron chi connectivity index (χ0n) is 17.6. The largest absolute Gasteiger partial charge is 0.369 e. The van der Waals surface area contributed by atoms with Crippen LogP contribution < -0.4 is 11.1 Å². The molecule has 0 spiro atoms. The summed E-state index contributed by atoms with van der Waals surface area (Å²) >= 11 is 0. The third-order valence-corrected chi connectivity index (χ3v) is 5.70. The van der Waals surface area contributed by atoms with Gasteiger partial charge in [-0.05, 0) is 25.1 Å². The number of nitrogens with two attached hydrogens (primary N) is 1. The molecule has 1 aromatic heterocycles. The minimum absolute atomic E-state index is 0.0265. The Morgan fingerprint density at radius 1 is 1.38 bits per heavy atom. The average Bonchev–Trinajstić information content (AvgIpc) is 2.60. The Kier molecular flexibility index (Phi) is 4.03. The molecule has 1 aliphatic rings. The summed E-state index contributed by atoms with van der Waals surface area (Å²) in [7, 11) is -4.53. The first-order valence-corrected chi connectivity index (χ1v) is 9.43. The predicted molar refractivity (Wildman–Crippen MR) is 96.8 cm³/mol. The van der Waals surface area contributed by atoms with Gasteiger partial charge in [0.05, 0.1) is 11.9 Å². The summed E-state index contributed by atoms with van der Waals surface area (Å²) in [6, 6.07) is 3.00. The summed E-state index contributed by atoms with van der Waals surface area (Å²) in [5.74, 6) is -6.58. The van der Waals surface area contributed by atoms with E-state index in [1.807, 2.05) is 0 Å². The minimum atomic E-state index is -4.53. The van der Waals surface area contributed by atoms with Crippen LogP contribution in [0.1, 0.15) is 27.1 Å². The number of amides is 1. The molecule has 2 heterocycles. The zero-order valence-corrected chi connectivity index (χ0v) is 15.5. The molecule has 0 aliphatic carbocycles. The molecule has 29 heavy (non-hydrogen) atoms. The van der Waals surface area contributed by atoms with Gasteiger partial charge in [0.15, 0.2) is 5.69 Å². The predicted octanol–water partition coefficient (Wildman–Crippen LogP) is 0.951. The van der Waals surface area contributed by atoms with Crippen molar-refractivity contribution in [1.82, 2.24) is 14.3 Å². The Bertz CT molecular complexity index is 1240. The quantitative estimate of drug-likeness (QED) is 0.744. The van der Waals surface area contributed by atoms with Crippen molar-refractivity contribution in [3.63, 3.8) is 0 Å². The molecule has 0 unspecified atom stereocenters. The average molecular weight is 431 g/mol. The highest BCUT2D eigenvalue weighted by Gasteiger charge is 2.41. The molecule has 1 aliphatic heterocycles. The summed E-state index contributed by atoms with van der Waals surface area (Å²) in [6.07, 6.45) is 0.524. The second-order valence-corrected chi connectivity index (χ2v) is 8.06. The van der Waals surface area contributed by atoms with Crippen LogP contribution in [-0.4, -0.2) is 47.3 Å². The van der Waals surface area contributed by atoms with Gasteiger partial charge in [-0.15, -0.1) is 0 Å². The highest BCUT2D eigenvalue weighted by molar-refractivity contribution is 7.89. The number of aromatic nitrogens is 2. The van der Waals surface area contributed by atoms with Crippen LogP contribution >= 0.6 is 0 Å². The fourth-order valence-electron chi connectivity index (χ4n) is 2.74. The van der Waals surface area contributed by atoms with E-state index in [-0.39, 0.29) is 15.6 Å². The van der Waals surface area contributed by atoms with Crippen LogP contribution in [0.4, 0.5) is 18.9 Å². The van der Waals surface area contributed by atoms with Crippen LogP contribution in [-0.2, 0) is 15.6 Å². The van der Waals surface area contributed by atoms with E-state index in [0.717, 1.165) is 18.2 Å². The van der Waals surface area contributed by atoms with Crippen LogP contribution in [0.3, 0.4) is 0 Å². The van der Waals surface area contributed by atoms with Gasteiger partial charge in [-0.2, -0.15) is 13.8 Å². The number of benzene rings is 1. The molecule has 0 saturated heterocycles. The van der Waals surface area contributed by atoms with Gasteiger partial charge < -0.3 is 11.1 Å². The second kappa shape index (κ2) is 6.99. The SMILES string of the molecule is [2H]C([2H])([2H])N1C(N)=N[C@](C)(c2cc(NC(=O)c3ncc(F)nc3F)ccc2F)CS1(=O)=O. The Balaban J connectivity index is 2.00. The van der Waals surface area contributed by atoms with Crippen molar-refractivity contribution in [2.24, 2.45) is 10.7 Å². The number of sulfonamides is 1. The van der Waals surface area contributed by atoms with E-state index in [1.54, 1.807) is 0 Å². The highest BCUT2D eigenvalue weighted by Crippen LogP contribution is 2.34. The highest BCUT2D eigenvalue weighted by atomic mass is 32.2. The fourth-order valence-corrected chi connectivity index (χ4v) is 4.12. The van der Waals surface area contributed by atoms with Gasteiger partial charge in [-0.25, -0.2) is 27.1 Å². The standard InChI is InChI=1S/C16H15F3N6O3S/c1-16(7-29(27,28)25(2)15(20)24-16)9-5-8(3-4-10(9)17)22-14(26)12-13(19)23-11(18)6-21-12/h3-6H,7H2,1-2H3,(H2,20,24)(H,22,26)/t16-/m0/s1/i2D3. The number of guanidine groups is 1. The van der Waals surface area contributed by atoms with Gasteiger partial charge in [0.25, 0.3) is 5.91 Å². The lowest BCUT2D eigenvalue weighted by Crippen LogP contribution is -2.50. The first kappa shape index (κ1) is 16.7. The lowest BCUT2D eigenvalue weighted by atomic mass is 9.93. The van der Waals surface area contributed by atoms with Crippen LogP contribution in [0.15, 0.2) is 29.4 Å². The lowest BCUT2D eigenvalue weighted by Gasteiger charge is -2.34. The molecule has 9 nitrogen and oxygen atoms in total. The van der Waals surface area contributed by atoms with Crippen molar-refractivity contribution in [3.05, 3.63) is 53.4 Å². The number of hydrogen-bond donors (Lipinski definition) is 2. The van der Waals surface area contributed by atoms with Crippen molar-refractivity contribution < 1.29 is 30.5 Å². The Morgan fingerprint density at radius 3 is 2.72 bits per heavy atom. The molecule has 3 rings (SSSR count). The zero-order chi connectivity index (χ0) is 24.1. The van der Waals surface area contributed by atoms with Gasteiger partial charge in [0.1, 0.15) is 11.4 Å². The van der Waals surface area contributed by atoms with Crippen LogP contribution in [0.2, 0.25) is 0 Å². The molecule has 0 radical (unpaired) electrons. The van der Waals surface area contributed by atoms with Crippen LogP contribution in [0, 0.1) is 17.7 Å². The van der Waals surface area contributed by atoms with Crippen molar-refractivity contribution in [2.45, 2.75) is 12.5 Å². The van der Waals surface area contributed by atoms with Gasteiger partial charge in [0, 0.05) is 22.3 Å². The molecular formula is C16H15F3N6O3S. The van der Waals surface area contributed by atoms with Crippen LogP contribution in [0.5, 0.6) is 0 Å². The van der Waals surface area contributed by atoms with Gasteiger partial charge in [-0.1, -0.05) is 0 Å². The number of nitrogens with zero attached hydrogens (tertiary/aromatic N) is 4. The topological polar surface area (TPSA) is 131 Å². The number of aliphatic imine (C=N–C) groups is 1. The summed E-state index contributed by atoms with van der Waals surface area (Å²) in [6.45, 7) is -1.92. The third kappa shape index (κ3) is 3.85. The molecule has 3 N–H and O–H groups in total. The summed E-state index contributed by atoms with van der Waals surface area (Å²) in [5, 5.41) is 2.21. The second-order valence-electron chi connectivity index (χ2n) is 6.25. The fraction of sp³-hybridized carbons (Fsp3) is 0.250. The Hall–Kier alpha value is -3.22. The van der Waals surface area contributed by atoms with Crippen molar-refractivity contribution in [3.8, 4) is 0 Å². The van der Waals surface area contributed by atoms with Gasteiger partial charge in [-0.3, -0.25) is 4.79 Å². The maximum Gasteiger partial charge on any atom is 0.279 e. The molecule has 2 aromatic rings. The lowest BCUT2D eigenvalue weighted by molar-refractivity contribution is 0.101. The monoisotopic (exact) mass is 431 g/mol. The Morgan fingerprint density at radius 2 is 2.10 bits per heavy atom. The molecule has 1 amide bonds. The molecule has 1 aromatic carbocycles. The van der Waals surface area contributed by atoms with Crippen molar-refractivity contribution >= 4 is 27.6 Å². The smallest absolute Gasteiger partial charge is 0.279 e. The summed E-state index contributed by atoms with van der Waals surface area (Å²) in [4.78, 5) is 22.3. The van der Waals surface area contributed by atoms with E-state index >= 15 is 0 Å². The summed E-state index contributed by atoms with van der Waals surface area (Å²) in [5.41, 5.74) is 2.46. The number of rotatable bonds is 3. The normalized spacial score (nSPS) is 22.8. The van der Waals surface area contributed by atoms with E-state index in [9.17, 15) is 26.4 Å². The summed E-state index contributed by atoms with van der Waals surface area (Å²) < 4.78 is 88.3. The molecule has 13 heteroatoms.